The van der Waals surface area contributed by atoms with Crippen molar-refractivity contribution in [3.8, 4) is 11.5 Å². The second kappa shape index (κ2) is 9.36. The molecule has 0 saturated heterocycles. The zero-order chi connectivity index (χ0) is 19.9. The first kappa shape index (κ1) is 19.9. The molecule has 2 aromatic carbocycles. The molecule has 0 fully saturated rings. The summed E-state index contributed by atoms with van der Waals surface area (Å²) in [6.07, 6.45) is 1.80. The molecule has 0 aliphatic carbocycles. The number of aryl methyl sites for hydroxylation is 1. The van der Waals surface area contributed by atoms with Crippen LogP contribution in [0.3, 0.4) is 0 Å². The Labute approximate surface area is 168 Å². The lowest BCUT2D eigenvalue weighted by Gasteiger charge is -2.14. The van der Waals surface area contributed by atoms with Gasteiger partial charge in [-0.3, -0.25) is 5.10 Å². The van der Waals surface area contributed by atoms with Gasteiger partial charge >= 0.3 is 0 Å². The molecule has 1 aromatic heterocycles. The molecule has 0 aliphatic heterocycles. The highest BCUT2D eigenvalue weighted by atomic mass is 32.1. The smallest absolute Gasteiger partial charge is 0.214 e. The van der Waals surface area contributed by atoms with Gasteiger partial charge in [0.25, 0.3) is 0 Å². The molecule has 0 spiro atoms. The molecule has 3 rings (SSSR count). The summed E-state index contributed by atoms with van der Waals surface area (Å²) in [5.41, 5.74) is 4.75. The molecule has 0 radical (unpaired) electrons. The van der Waals surface area contributed by atoms with Crippen LogP contribution in [0.25, 0.3) is 0 Å². The van der Waals surface area contributed by atoms with E-state index >= 15 is 0 Å². The Kier molecular flexibility index (Phi) is 6.65. The fourth-order valence-corrected chi connectivity index (χ4v) is 2.98. The zero-order valence-electron chi connectivity index (χ0n) is 15.9. The Bertz CT molecular complexity index is 986. The van der Waals surface area contributed by atoms with E-state index in [-0.39, 0.29) is 12.4 Å². The van der Waals surface area contributed by atoms with Gasteiger partial charge in [0.2, 0.25) is 4.77 Å². The van der Waals surface area contributed by atoms with E-state index in [9.17, 15) is 4.39 Å². The molecule has 6 nitrogen and oxygen atoms in total. The molecule has 0 aliphatic rings. The molecule has 1 heterocycles. The maximum absolute atomic E-state index is 13.8. The zero-order valence-corrected chi connectivity index (χ0v) is 16.7. The van der Waals surface area contributed by atoms with Crippen molar-refractivity contribution in [2.45, 2.75) is 32.9 Å². The van der Waals surface area contributed by atoms with Crippen LogP contribution >= 0.6 is 12.2 Å². The van der Waals surface area contributed by atoms with E-state index in [1.807, 2.05) is 18.2 Å². The minimum atomic E-state index is -0.290. The molecule has 28 heavy (non-hydrogen) atoms. The number of methoxy groups -OCH3 is 1. The minimum Gasteiger partial charge on any atom is -0.493 e. The third kappa shape index (κ3) is 4.69. The molecule has 0 bridgehead atoms. The van der Waals surface area contributed by atoms with E-state index in [0.29, 0.717) is 28.4 Å². The van der Waals surface area contributed by atoms with Gasteiger partial charge in [-0.05, 0) is 42.4 Å². The van der Waals surface area contributed by atoms with E-state index in [0.717, 1.165) is 24.2 Å². The number of hydrogen-bond acceptors (Lipinski definition) is 5. The number of ether oxygens (including phenoxy) is 2. The Morgan fingerprint density at radius 3 is 2.79 bits per heavy atom. The van der Waals surface area contributed by atoms with Gasteiger partial charge in [0.15, 0.2) is 17.3 Å². The van der Waals surface area contributed by atoms with Crippen LogP contribution in [-0.2, 0) is 19.6 Å². The molecular formula is C20H23FN4O2S. The Morgan fingerprint density at radius 1 is 1.21 bits per heavy atom. The summed E-state index contributed by atoms with van der Waals surface area (Å²) in [4.78, 5) is 0. The molecule has 3 aromatic rings. The fourth-order valence-electron chi connectivity index (χ4n) is 2.77. The summed E-state index contributed by atoms with van der Waals surface area (Å²) in [6.45, 7) is 2.76. The van der Waals surface area contributed by atoms with E-state index < -0.39 is 0 Å². The number of aromatic amines is 1. The van der Waals surface area contributed by atoms with Crippen LogP contribution in [0.4, 0.5) is 4.39 Å². The standard InChI is InChI=1S/C20H23FN4O2S/c1-3-6-19-23-24-20(28)25(19)22-12-14-9-10-17(18(11-14)26-2)27-13-15-7-4-5-8-16(15)21/h4-5,7-11,22H,3,6,12-13H2,1-2H3,(H,24,28). The highest BCUT2D eigenvalue weighted by Crippen LogP contribution is 2.29. The Morgan fingerprint density at radius 2 is 2.04 bits per heavy atom. The average molecular weight is 402 g/mol. The van der Waals surface area contributed by atoms with Crippen LogP contribution in [-0.4, -0.2) is 22.0 Å². The summed E-state index contributed by atoms with van der Waals surface area (Å²) >= 11 is 5.27. The Balaban J connectivity index is 1.68. The number of rotatable bonds is 9. The first-order valence-corrected chi connectivity index (χ1v) is 9.46. The molecule has 0 atom stereocenters. The van der Waals surface area contributed by atoms with Crippen LogP contribution in [0.15, 0.2) is 42.5 Å². The third-order valence-corrected chi connectivity index (χ3v) is 4.50. The summed E-state index contributed by atoms with van der Waals surface area (Å²) in [5, 5.41) is 7.04. The quantitative estimate of drug-likeness (QED) is 0.521. The van der Waals surface area contributed by atoms with Gasteiger partial charge in [0.05, 0.1) is 13.7 Å². The van der Waals surface area contributed by atoms with Crippen molar-refractivity contribution in [3.05, 3.63) is 70.0 Å². The highest BCUT2D eigenvalue weighted by molar-refractivity contribution is 7.71. The van der Waals surface area contributed by atoms with Gasteiger partial charge < -0.3 is 14.9 Å². The highest BCUT2D eigenvalue weighted by Gasteiger charge is 2.09. The second-order valence-electron chi connectivity index (χ2n) is 6.23. The van der Waals surface area contributed by atoms with Crippen LogP contribution < -0.4 is 14.9 Å². The maximum atomic E-state index is 13.8. The number of nitrogens with one attached hydrogen (secondary N) is 2. The van der Waals surface area contributed by atoms with E-state index in [1.54, 1.807) is 30.0 Å². The van der Waals surface area contributed by atoms with Crippen molar-refractivity contribution in [1.29, 1.82) is 0 Å². The fraction of sp³-hybridized carbons (Fsp3) is 0.300. The summed E-state index contributed by atoms with van der Waals surface area (Å²) in [5.74, 6) is 1.72. The molecule has 2 N–H and O–H groups in total. The summed E-state index contributed by atoms with van der Waals surface area (Å²) in [7, 11) is 1.58. The first-order chi connectivity index (χ1) is 13.6. The van der Waals surface area contributed by atoms with Gasteiger partial charge in [-0.25, -0.2) is 9.07 Å². The van der Waals surface area contributed by atoms with Crippen molar-refractivity contribution in [2.24, 2.45) is 0 Å². The van der Waals surface area contributed by atoms with E-state index in [2.05, 4.69) is 22.5 Å². The predicted molar refractivity (Wildman–Crippen MR) is 108 cm³/mol. The number of hydrogen-bond donors (Lipinski definition) is 2. The molecule has 8 heteroatoms. The number of nitrogens with zero attached hydrogens (tertiary/aromatic N) is 2. The second-order valence-corrected chi connectivity index (χ2v) is 6.62. The largest absolute Gasteiger partial charge is 0.493 e. The molecular weight excluding hydrogens is 379 g/mol. The predicted octanol–water partition coefficient (Wildman–Crippen LogP) is 4.36. The van der Waals surface area contributed by atoms with Crippen LogP contribution in [0.5, 0.6) is 11.5 Å². The van der Waals surface area contributed by atoms with Gasteiger partial charge in [0, 0.05) is 12.0 Å². The van der Waals surface area contributed by atoms with E-state index in [4.69, 9.17) is 21.7 Å². The van der Waals surface area contributed by atoms with Crippen molar-refractivity contribution in [3.63, 3.8) is 0 Å². The number of aromatic nitrogens is 3. The van der Waals surface area contributed by atoms with Crippen molar-refractivity contribution in [2.75, 3.05) is 12.5 Å². The lowest BCUT2D eigenvalue weighted by atomic mass is 10.2. The Hall–Kier alpha value is -2.87. The normalized spacial score (nSPS) is 10.7. The van der Waals surface area contributed by atoms with Crippen molar-refractivity contribution >= 4 is 12.2 Å². The number of halogens is 1. The number of benzene rings is 2. The first-order valence-electron chi connectivity index (χ1n) is 9.05. The van der Waals surface area contributed by atoms with Crippen LogP contribution in [0.1, 0.15) is 30.3 Å². The summed E-state index contributed by atoms with van der Waals surface area (Å²) in [6, 6.07) is 12.2. The third-order valence-electron chi connectivity index (χ3n) is 4.23. The molecule has 0 saturated carbocycles. The summed E-state index contributed by atoms with van der Waals surface area (Å²) < 4.78 is 27.3. The molecule has 0 amide bonds. The maximum Gasteiger partial charge on any atom is 0.214 e. The topological polar surface area (TPSA) is 64.1 Å². The average Bonchev–Trinajstić information content (AvgIpc) is 3.05. The number of H-pyrrole nitrogens is 1. The molecule has 148 valence electrons. The lowest BCUT2D eigenvalue weighted by Crippen LogP contribution is -2.17. The molecule has 0 unspecified atom stereocenters. The van der Waals surface area contributed by atoms with Crippen molar-refractivity contribution in [1.82, 2.24) is 14.9 Å². The van der Waals surface area contributed by atoms with Gasteiger partial charge in [-0.1, -0.05) is 31.2 Å². The minimum absolute atomic E-state index is 0.130. The monoisotopic (exact) mass is 402 g/mol. The van der Waals surface area contributed by atoms with Crippen LogP contribution in [0.2, 0.25) is 0 Å². The van der Waals surface area contributed by atoms with E-state index in [1.165, 1.54) is 6.07 Å². The van der Waals surface area contributed by atoms with Gasteiger partial charge in [-0.15, -0.1) is 0 Å². The lowest BCUT2D eigenvalue weighted by molar-refractivity contribution is 0.279. The van der Waals surface area contributed by atoms with Crippen LogP contribution in [0, 0.1) is 10.6 Å². The van der Waals surface area contributed by atoms with Gasteiger partial charge in [-0.2, -0.15) is 5.10 Å². The van der Waals surface area contributed by atoms with Crippen molar-refractivity contribution < 1.29 is 13.9 Å². The SMILES string of the molecule is CCCc1n[nH]c(=S)n1NCc1ccc(OCc2ccccc2F)c(OC)c1. The van der Waals surface area contributed by atoms with Gasteiger partial charge in [0.1, 0.15) is 12.4 Å².